The monoisotopic (exact) mass is 298 g/mol. The smallest absolute Gasteiger partial charge is 0.225 e. The van der Waals surface area contributed by atoms with Gasteiger partial charge in [0.1, 0.15) is 0 Å². The number of hydrogen-bond acceptors (Lipinski definition) is 3. The first kappa shape index (κ1) is 13.6. The van der Waals surface area contributed by atoms with Crippen LogP contribution in [0.3, 0.4) is 0 Å². The van der Waals surface area contributed by atoms with Gasteiger partial charge >= 0.3 is 0 Å². The molecule has 2 heterocycles. The molecule has 0 bridgehead atoms. The molecule has 2 fully saturated rings. The lowest BCUT2D eigenvalue weighted by Gasteiger charge is -2.35. The first-order chi connectivity index (χ1) is 10.8. The third-order valence-corrected chi connectivity index (χ3v) is 4.97. The van der Waals surface area contributed by atoms with E-state index in [9.17, 15) is 4.79 Å². The summed E-state index contributed by atoms with van der Waals surface area (Å²) in [5.74, 6) is 1.59. The van der Waals surface area contributed by atoms with Crippen LogP contribution in [0.5, 0.6) is 0 Å². The summed E-state index contributed by atoms with van der Waals surface area (Å²) in [7, 11) is 0. The van der Waals surface area contributed by atoms with Gasteiger partial charge in [0.25, 0.3) is 0 Å². The first-order valence-corrected chi connectivity index (χ1v) is 8.30. The van der Waals surface area contributed by atoms with Gasteiger partial charge < -0.3 is 14.8 Å². The van der Waals surface area contributed by atoms with Crippen molar-refractivity contribution < 1.29 is 4.79 Å². The lowest BCUT2D eigenvalue weighted by Crippen LogP contribution is -2.50. The summed E-state index contributed by atoms with van der Waals surface area (Å²) in [5, 5.41) is 0. The number of nitrogens with zero attached hydrogens (tertiary/aromatic N) is 3. The second-order valence-corrected chi connectivity index (χ2v) is 6.37. The Morgan fingerprint density at radius 2 is 1.82 bits per heavy atom. The number of imidazole rings is 1. The molecule has 1 amide bonds. The summed E-state index contributed by atoms with van der Waals surface area (Å²) in [6, 6.07) is 8.09. The van der Waals surface area contributed by atoms with Crippen LogP contribution in [-0.2, 0) is 4.79 Å². The van der Waals surface area contributed by atoms with Gasteiger partial charge in [-0.3, -0.25) is 4.79 Å². The molecule has 0 unspecified atom stereocenters. The molecule has 1 aromatic heterocycles. The summed E-state index contributed by atoms with van der Waals surface area (Å²) < 4.78 is 0. The number of carbonyl (C=O) groups excluding carboxylic acids is 1. The molecule has 0 spiro atoms. The van der Waals surface area contributed by atoms with Crippen LogP contribution in [0, 0.1) is 5.92 Å². The summed E-state index contributed by atoms with van der Waals surface area (Å²) in [6.45, 7) is 3.34. The van der Waals surface area contributed by atoms with Crippen molar-refractivity contribution in [2.45, 2.75) is 25.7 Å². The third kappa shape index (κ3) is 2.45. The Morgan fingerprint density at radius 1 is 1.09 bits per heavy atom. The topological polar surface area (TPSA) is 52.2 Å². The summed E-state index contributed by atoms with van der Waals surface area (Å²) in [4.78, 5) is 24.8. The van der Waals surface area contributed by atoms with Crippen LogP contribution in [0.2, 0.25) is 0 Å². The zero-order valence-electron chi connectivity index (χ0n) is 12.8. The molecule has 1 aliphatic carbocycles. The van der Waals surface area contributed by atoms with Crippen molar-refractivity contribution in [3.05, 3.63) is 24.3 Å². The molecule has 1 N–H and O–H groups in total. The van der Waals surface area contributed by atoms with Crippen molar-refractivity contribution >= 4 is 22.9 Å². The molecule has 1 aromatic carbocycles. The zero-order chi connectivity index (χ0) is 14.9. The van der Waals surface area contributed by atoms with E-state index in [1.54, 1.807) is 0 Å². The number of rotatable bonds is 2. The molecule has 4 rings (SSSR count). The lowest BCUT2D eigenvalue weighted by atomic mass is 10.1. The Kier molecular flexibility index (Phi) is 3.48. The van der Waals surface area contributed by atoms with Gasteiger partial charge in [0.2, 0.25) is 11.9 Å². The summed E-state index contributed by atoms with van der Waals surface area (Å²) in [6.07, 6.45) is 4.61. The number of amides is 1. The number of nitrogens with one attached hydrogen (secondary N) is 1. The number of carbonyl (C=O) groups is 1. The Morgan fingerprint density at radius 3 is 2.55 bits per heavy atom. The molecule has 116 valence electrons. The highest BCUT2D eigenvalue weighted by molar-refractivity contribution is 5.80. The van der Waals surface area contributed by atoms with Gasteiger partial charge in [-0.05, 0) is 25.0 Å². The number of anilines is 1. The Balaban J connectivity index is 1.41. The average Bonchev–Trinajstić information content (AvgIpc) is 3.23. The van der Waals surface area contributed by atoms with E-state index < -0.39 is 0 Å². The van der Waals surface area contributed by atoms with Gasteiger partial charge in [0, 0.05) is 32.1 Å². The van der Waals surface area contributed by atoms with Crippen LogP contribution < -0.4 is 4.90 Å². The van der Waals surface area contributed by atoms with E-state index in [1.165, 1.54) is 12.8 Å². The predicted molar refractivity (Wildman–Crippen MR) is 86.8 cm³/mol. The molecule has 0 atom stereocenters. The number of piperazine rings is 1. The van der Waals surface area contributed by atoms with Gasteiger partial charge in [0.05, 0.1) is 11.0 Å². The van der Waals surface area contributed by atoms with E-state index in [0.717, 1.165) is 56.0 Å². The molecule has 2 aromatic rings. The molecule has 22 heavy (non-hydrogen) atoms. The molecule has 1 saturated carbocycles. The van der Waals surface area contributed by atoms with Gasteiger partial charge in [-0.25, -0.2) is 4.98 Å². The predicted octanol–water partition coefficient (Wildman–Crippen LogP) is 2.40. The minimum atomic E-state index is 0.290. The minimum Gasteiger partial charge on any atom is -0.339 e. The van der Waals surface area contributed by atoms with Crippen LogP contribution in [0.1, 0.15) is 25.7 Å². The van der Waals surface area contributed by atoms with Gasteiger partial charge in [0.15, 0.2) is 0 Å². The lowest BCUT2D eigenvalue weighted by molar-refractivity contribution is -0.135. The number of aromatic nitrogens is 2. The number of aromatic amines is 1. The van der Waals surface area contributed by atoms with Crippen LogP contribution >= 0.6 is 0 Å². The molecular formula is C17H22N4O. The maximum absolute atomic E-state index is 12.5. The van der Waals surface area contributed by atoms with Crippen molar-refractivity contribution in [2.75, 3.05) is 31.1 Å². The van der Waals surface area contributed by atoms with E-state index in [4.69, 9.17) is 0 Å². The second kappa shape index (κ2) is 5.63. The van der Waals surface area contributed by atoms with Crippen molar-refractivity contribution in [2.24, 2.45) is 5.92 Å². The highest BCUT2D eigenvalue weighted by Crippen LogP contribution is 2.27. The number of H-pyrrole nitrogens is 1. The van der Waals surface area contributed by atoms with Crippen LogP contribution in [-0.4, -0.2) is 47.0 Å². The zero-order valence-corrected chi connectivity index (χ0v) is 12.8. The largest absolute Gasteiger partial charge is 0.339 e. The maximum Gasteiger partial charge on any atom is 0.225 e. The molecule has 0 radical (unpaired) electrons. The molecule has 2 aliphatic rings. The van der Waals surface area contributed by atoms with Gasteiger partial charge in [-0.15, -0.1) is 0 Å². The number of benzene rings is 1. The minimum absolute atomic E-state index is 0.290. The fraction of sp³-hybridized carbons (Fsp3) is 0.529. The quantitative estimate of drug-likeness (QED) is 0.926. The number of hydrogen-bond donors (Lipinski definition) is 1. The van der Waals surface area contributed by atoms with Gasteiger partial charge in [-0.2, -0.15) is 0 Å². The van der Waals surface area contributed by atoms with Gasteiger partial charge in [-0.1, -0.05) is 25.0 Å². The normalized spacial score (nSPS) is 20.0. The number of fused-ring (bicyclic) bond motifs is 1. The summed E-state index contributed by atoms with van der Waals surface area (Å²) in [5.41, 5.74) is 2.07. The van der Waals surface area contributed by atoms with Crippen LogP contribution in [0.4, 0.5) is 5.95 Å². The highest BCUT2D eigenvalue weighted by atomic mass is 16.2. The molecule has 5 nitrogen and oxygen atoms in total. The van der Waals surface area contributed by atoms with E-state index in [-0.39, 0.29) is 5.92 Å². The van der Waals surface area contributed by atoms with E-state index in [2.05, 4.69) is 19.8 Å². The standard InChI is InChI=1S/C17H22N4O/c22-16(13-5-1-2-6-13)20-9-11-21(12-10-20)17-18-14-7-3-4-8-15(14)19-17/h3-4,7-8,13H,1-2,5-6,9-12H2,(H,18,19). The Hall–Kier alpha value is -2.04. The van der Waals surface area contributed by atoms with Crippen molar-refractivity contribution in [1.82, 2.24) is 14.9 Å². The average molecular weight is 298 g/mol. The van der Waals surface area contributed by atoms with Crippen molar-refractivity contribution in [1.29, 1.82) is 0 Å². The van der Waals surface area contributed by atoms with Crippen molar-refractivity contribution in [3.8, 4) is 0 Å². The number of para-hydroxylation sites is 2. The molecule has 5 heteroatoms. The van der Waals surface area contributed by atoms with Crippen LogP contribution in [0.25, 0.3) is 11.0 Å². The van der Waals surface area contributed by atoms with E-state index >= 15 is 0 Å². The van der Waals surface area contributed by atoms with E-state index in [0.29, 0.717) is 5.91 Å². The van der Waals surface area contributed by atoms with E-state index in [1.807, 2.05) is 24.3 Å². The summed E-state index contributed by atoms with van der Waals surface area (Å²) >= 11 is 0. The Bertz CT molecular complexity index is 633. The SMILES string of the molecule is O=C(C1CCCC1)N1CCN(c2nc3ccccc3[nH]2)CC1. The first-order valence-electron chi connectivity index (χ1n) is 8.30. The highest BCUT2D eigenvalue weighted by Gasteiger charge is 2.29. The Labute approximate surface area is 130 Å². The molecule has 1 aliphatic heterocycles. The maximum atomic E-state index is 12.5. The molecule has 1 saturated heterocycles. The second-order valence-electron chi connectivity index (χ2n) is 6.37. The fourth-order valence-electron chi connectivity index (χ4n) is 3.66. The van der Waals surface area contributed by atoms with Crippen molar-refractivity contribution in [3.63, 3.8) is 0 Å². The molecular weight excluding hydrogens is 276 g/mol. The van der Waals surface area contributed by atoms with Crippen LogP contribution in [0.15, 0.2) is 24.3 Å². The fourth-order valence-corrected chi connectivity index (χ4v) is 3.66. The third-order valence-electron chi connectivity index (χ3n) is 4.97.